The van der Waals surface area contributed by atoms with Crippen molar-refractivity contribution in [2.45, 2.75) is 6.42 Å². The lowest BCUT2D eigenvalue weighted by atomic mass is 9.85. The van der Waals surface area contributed by atoms with Gasteiger partial charge in [-0.25, -0.2) is 0 Å². The van der Waals surface area contributed by atoms with Crippen molar-refractivity contribution >= 4 is 29.1 Å². The van der Waals surface area contributed by atoms with E-state index in [4.69, 9.17) is 0 Å². The Hall–Kier alpha value is -3.23. The van der Waals surface area contributed by atoms with E-state index < -0.39 is 4.92 Å². The van der Waals surface area contributed by atoms with Gasteiger partial charge in [0.25, 0.3) is 5.69 Å². The largest absolute Gasteiger partial charge is 0.368 e. The fourth-order valence-corrected chi connectivity index (χ4v) is 5.35. The molecule has 4 atom stereocenters. The molecular weight excluding hydrogens is 388 g/mol. The van der Waals surface area contributed by atoms with Crippen molar-refractivity contribution in [2.75, 3.05) is 37.6 Å². The van der Waals surface area contributed by atoms with Crippen molar-refractivity contribution in [1.82, 2.24) is 9.80 Å². The average Bonchev–Trinajstić information content (AvgIpc) is 3.44. The van der Waals surface area contributed by atoms with Gasteiger partial charge < -0.3 is 9.80 Å². The summed E-state index contributed by atoms with van der Waals surface area (Å²) in [6.07, 6.45) is 4.96. The number of anilines is 1. The molecule has 2 bridgehead atoms. The second-order valence-corrected chi connectivity index (χ2v) is 8.40. The SMILES string of the molecule is O=C(CN1C(=O)[C@@H]2[C@@H](C1=O)[C@H]1C=C[C@H]2C1)N1CCN(c2ccc([N+](=O)[O-])cc2)CC1. The minimum Gasteiger partial charge on any atom is -0.368 e. The third-order valence-electron chi connectivity index (χ3n) is 6.91. The molecule has 2 saturated heterocycles. The van der Waals surface area contributed by atoms with Gasteiger partial charge in [0.2, 0.25) is 17.7 Å². The number of fused-ring (bicyclic) bond motifs is 5. The number of carbonyl (C=O) groups is 3. The molecule has 1 aromatic carbocycles. The molecule has 30 heavy (non-hydrogen) atoms. The van der Waals surface area contributed by atoms with E-state index in [1.165, 1.54) is 17.0 Å². The van der Waals surface area contributed by atoms with Gasteiger partial charge in [-0.3, -0.25) is 29.4 Å². The lowest BCUT2D eigenvalue weighted by Gasteiger charge is -2.36. The molecule has 5 rings (SSSR count). The number of amides is 3. The molecule has 0 unspecified atom stereocenters. The first-order valence-corrected chi connectivity index (χ1v) is 10.2. The summed E-state index contributed by atoms with van der Waals surface area (Å²) in [5, 5.41) is 10.8. The lowest BCUT2D eigenvalue weighted by Crippen LogP contribution is -2.52. The van der Waals surface area contributed by atoms with Crippen LogP contribution < -0.4 is 4.90 Å². The van der Waals surface area contributed by atoms with Gasteiger partial charge in [-0.15, -0.1) is 0 Å². The highest BCUT2D eigenvalue weighted by atomic mass is 16.6. The average molecular weight is 410 g/mol. The van der Waals surface area contributed by atoms with E-state index in [9.17, 15) is 24.5 Å². The number of likely N-dealkylation sites (tertiary alicyclic amines) is 1. The zero-order chi connectivity index (χ0) is 21.0. The summed E-state index contributed by atoms with van der Waals surface area (Å²) in [6, 6.07) is 6.35. The van der Waals surface area contributed by atoms with Gasteiger partial charge in [-0.05, 0) is 30.4 Å². The summed E-state index contributed by atoms with van der Waals surface area (Å²) in [5.41, 5.74) is 0.911. The minimum atomic E-state index is -0.434. The molecule has 4 aliphatic rings. The quantitative estimate of drug-likeness (QED) is 0.318. The van der Waals surface area contributed by atoms with Gasteiger partial charge in [0.05, 0.1) is 16.8 Å². The lowest BCUT2D eigenvalue weighted by molar-refractivity contribution is -0.384. The summed E-state index contributed by atoms with van der Waals surface area (Å²) in [5.74, 6) is -0.873. The smallest absolute Gasteiger partial charge is 0.269 e. The first-order chi connectivity index (χ1) is 14.4. The summed E-state index contributed by atoms with van der Waals surface area (Å²) in [4.78, 5) is 53.6. The Labute approximate surface area is 173 Å². The van der Waals surface area contributed by atoms with E-state index >= 15 is 0 Å². The third kappa shape index (κ3) is 2.88. The van der Waals surface area contributed by atoms with Crippen molar-refractivity contribution < 1.29 is 19.3 Å². The molecule has 1 aromatic rings. The fourth-order valence-electron chi connectivity index (χ4n) is 5.35. The van der Waals surface area contributed by atoms with Crippen LogP contribution in [0.1, 0.15) is 6.42 Å². The molecule has 0 spiro atoms. The minimum absolute atomic E-state index is 0.0425. The number of non-ortho nitro benzene ring substituents is 1. The van der Waals surface area contributed by atoms with Crippen LogP contribution in [0.3, 0.4) is 0 Å². The van der Waals surface area contributed by atoms with E-state index in [-0.39, 0.29) is 53.6 Å². The molecular formula is C21H22N4O5. The number of nitro groups is 1. The number of allylic oxidation sites excluding steroid dienone is 2. The maximum atomic E-state index is 12.8. The second kappa shape index (κ2) is 6.93. The highest BCUT2D eigenvalue weighted by molar-refractivity contribution is 6.08. The Kier molecular flexibility index (Phi) is 4.34. The molecule has 1 saturated carbocycles. The Balaban J connectivity index is 1.18. The molecule has 0 radical (unpaired) electrons. The van der Waals surface area contributed by atoms with Crippen LogP contribution in [0.5, 0.6) is 0 Å². The highest BCUT2D eigenvalue weighted by Crippen LogP contribution is 2.52. The Morgan fingerprint density at radius 3 is 2.07 bits per heavy atom. The molecule has 156 valence electrons. The molecule has 9 heteroatoms. The summed E-state index contributed by atoms with van der Waals surface area (Å²) in [6.45, 7) is 1.95. The summed E-state index contributed by atoms with van der Waals surface area (Å²) >= 11 is 0. The van der Waals surface area contributed by atoms with Crippen LogP contribution in [0.15, 0.2) is 36.4 Å². The molecule has 2 heterocycles. The maximum absolute atomic E-state index is 12.8. The molecule has 9 nitrogen and oxygen atoms in total. The number of hydrogen-bond acceptors (Lipinski definition) is 6. The number of rotatable bonds is 4. The van der Waals surface area contributed by atoms with Crippen LogP contribution in [-0.4, -0.2) is 65.2 Å². The predicted molar refractivity (Wildman–Crippen MR) is 106 cm³/mol. The molecule has 2 aliphatic heterocycles. The summed E-state index contributed by atoms with van der Waals surface area (Å²) in [7, 11) is 0. The number of benzene rings is 1. The molecule has 3 amide bonds. The Bertz CT molecular complexity index is 921. The van der Waals surface area contributed by atoms with Crippen molar-refractivity contribution in [3.63, 3.8) is 0 Å². The molecule has 0 N–H and O–H groups in total. The second-order valence-electron chi connectivity index (χ2n) is 8.40. The highest BCUT2D eigenvalue weighted by Gasteiger charge is 2.59. The van der Waals surface area contributed by atoms with Gasteiger partial charge in [0, 0.05) is 44.0 Å². The fraction of sp³-hybridized carbons (Fsp3) is 0.476. The molecule has 2 aliphatic carbocycles. The monoisotopic (exact) mass is 410 g/mol. The third-order valence-corrected chi connectivity index (χ3v) is 6.91. The predicted octanol–water partition coefficient (Wildman–Crippen LogP) is 1.05. The zero-order valence-electron chi connectivity index (χ0n) is 16.3. The zero-order valence-corrected chi connectivity index (χ0v) is 16.3. The van der Waals surface area contributed by atoms with Crippen LogP contribution in [0.2, 0.25) is 0 Å². The number of piperazine rings is 1. The Morgan fingerprint density at radius 2 is 1.53 bits per heavy atom. The van der Waals surface area contributed by atoms with Crippen molar-refractivity contribution in [3.05, 3.63) is 46.5 Å². The standard InChI is InChI=1S/C21H22N4O5/c26-17(12-24-20(27)18-13-1-2-14(11-13)19(18)21(24)28)23-9-7-22(8-10-23)15-3-5-16(6-4-15)25(29)30/h1-6,13-14,18-19H,7-12H2/t13-,14-,18-,19-/m0/s1. The number of carbonyl (C=O) groups excluding carboxylic acids is 3. The van der Waals surface area contributed by atoms with Gasteiger partial charge in [-0.2, -0.15) is 0 Å². The van der Waals surface area contributed by atoms with Gasteiger partial charge >= 0.3 is 0 Å². The Morgan fingerprint density at radius 1 is 0.967 bits per heavy atom. The van der Waals surface area contributed by atoms with Gasteiger partial charge in [-0.1, -0.05) is 12.2 Å². The van der Waals surface area contributed by atoms with E-state index in [0.29, 0.717) is 26.2 Å². The van der Waals surface area contributed by atoms with Crippen LogP contribution in [0.25, 0.3) is 0 Å². The van der Waals surface area contributed by atoms with Crippen molar-refractivity contribution in [3.8, 4) is 0 Å². The van der Waals surface area contributed by atoms with Crippen molar-refractivity contribution in [1.29, 1.82) is 0 Å². The van der Waals surface area contributed by atoms with Gasteiger partial charge in [0.15, 0.2) is 0 Å². The normalized spacial score (nSPS) is 29.7. The van der Waals surface area contributed by atoms with Crippen LogP contribution in [0.4, 0.5) is 11.4 Å². The number of hydrogen-bond donors (Lipinski definition) is 0. The first kappa shape index (κ1) is 18.8. The van der Waals surface area contributed by atoms with E-state index in [1.807, 2.05) is 12.2 Å². The van der Waals surface area contributed by atoms with Crippen LogP contribution in [-0.2, 0) is 14.4 Å². The van der Waals surface area contributed by atoms with E-state index in [2.05, 4.69) is 4.90 Å². The van der Waals surface area contributed by atoms with Gasteiger partial charge in [0.1, 0.15) is 6.54 Å². The number of imide groups is 1. The maximum Gasteiger partial charge on any atom is 0.269 e. The topological polar surface area (TPSA) is 104 Å². The van der Waals surface area contributed by atoms with E-state index in [0.717, 1.165) is 12.1 Å². The summed E-state index contributed by atoms with van der Waals surface area (Å²) < 4.78 is 0. The molecule has 3 fully saturated rings. The molecule has 0 aromatic heterocycles. The van der Waals surface area contributed by atoms with E-state index in [1.54, 1.807) is 17.0 Å². The van der Waals surface area contributed by atoms with Crippen LogP contribution >= 0.6 is 0 Å². The first-order valence-electron chi connectivity index (χ1n) is 10.2. The number of nitrogens with zero attached hydrogens (tertiary/aromatic N) is 4. The van der Waals surface area contributed by atoms with Crippen LogP contribution in [0, 0.1) is 33.8 Å². The number of nitro benzene ring substituents is 1. The van der Waals surface area contributed by atoms with Crippen molar-refractivity contribution in [2.24, 2.45) is 23.7 Å².